The van der Waals surface area contributed by atoms with Crippen LogP contribution in [0.4, 0.5) is 0 Å². The minimum Gasteiger partial charge on any atom is -0.480 e. The summed E-state index contributed by atoms with van der Waals surface area (Å²) in [5.41, 5.74) is 5.31. The van der Waals surface area contributed by atoms with E-state index in [9.17, 15) is 9.59 Å². The van der Waals surface area contributed by atoms with E-state index in [1.807, 2.05) is 0 Å². The fraction of sp³-hybridized carbons (Fsp3) is 0.778. The Kier molecular flexibility index (Phi) is 5.87. The number of carbonyl (C=O) groups excluding carboxylic acids is 1. The highest BCUT2D eigenvalue weighted by atomic mass is 16.4. The zero-order valence-corrected chi connectivity index (χ0v) is 8.69. The summed E-state index contributed by atoms with van der Waals surface area (Å²) in [7, 11) is 1.50. The largest absolute Gasteiger partial charge is 0.480 e. The predicted octanol–water partition coefficient (Wildman–Crippen LogP) is -0.0956. The minimum atomic E-state index is -0.994. The second kappa shape index (κ2) is 6.37. The number of likely N-dealkylation sites (N-methyl/N-ethyl adjacent to an activating group) is 1. The molecule has 0 spiro atoms. The fourth-order valence-corrected chi connectivity index (χ4v) is 1.20. The van der Waals surface area contributed by atoms with Crippen LogP contribution in [0.25, 0.3) is 0 Å². The summed E-state index contributed by atoms with van der Waals surface area (Å²) >= 11 is 0. The number of amides is 1. The minimum absolute atomic E-state index is 0.138. The third-order valence-corrected chi connectivity index (χ3v) is 2.01. The van der Waals surface area contributed by atoms with Gasteiger partial charge in [-0.05, 0) is 19.4 Å². The van der Waals surface area contributed by atoms with Gasteiger partial charge in [0.2, 0.25) is 5.91 Å². The van der Waals surface area contributed by atoms with Gasteiger partial charge in [-0.3, -0.25) is 9.59 Å². The molecular formula is C9H18N2O3. The van der Waals surface area contributed by atoms with Crippen LogP contribution >= 0.6 is 0 Å². The Morgan fingerprint density at radius 1 is 1.50 bits per heavy atom. The van der Waals surface area contributed by atoms with Crippen LogP contribution in [0.2, 0.25) is 0 Å². The SMILES string of the molecule is CC(CCCN)C(=O)N(C)CC(=O)O. The topological polar surface area (TPSA) is 83.6 Å². The van der Waals surface area contributed by atoms with Gasteiger partial charge in [0.1, 0.15) is 6.54 Å². The van der Waals surface area contributed by atoms with E-state index >= 15 is 0 Å². The van der Waals surface area contributed by atoms with Gasteiger partial charge in [0, 0.05) is 13.0 Å². The molecule has 0 aliphatic heterocycles. The molecule has 1 unspecified atom stereocenters. The molecule has 5 nitrogen and oxygen atoms in total. The summed E-state index contributed by atoms with van der Waals surface area (Å²) in [6.45, 7) is 2.10. The molecule has 82 valence electrons. The molecule has 0 fully saturated rings. The highest BCUT2D eigenvalue weighted by Gasteiger charge is 2.18. The van der Waals surface area contributed by atoms with Crippen molar-refractivity contribution >= 4 is 11.9 Å². The second-order valence-corrected chi connectivity index (χ2v) is 3.42. The highest BCUT2D eigenvalue weighted by molar-refractivity contribution is 5.82. The van der Waals surface area contributed by atoms with Gasteiger partial charge < -0.3 is 15.7 Å². The van der Waals surface area contributed by atoms with Gasteiger partial charge in [0.15, 0.2) is 0 Å². The number of carbonyl (C=O) groups is 2. The predicted molar refractivity (Wildman–Crippen MR) is 52.7 cm³/mol. The number of nitrogens with two attached hydrogens (primary N) is 1. The Hall–Kier alpha value is -1.10. The second-order valence-electron chi connectivity index (χ2n) is 3.42. The molecule has 14 heavy (non-hydrogen) atoms. The smallest absolute Gasteiger partial charge is 0.323 e. The molecule has 0 aliphatic rings. The lowest BCUT2D eigenvalue weighted by Gasteiger charge is -2.19. The summed E-state index contributed by atoms with van der Waals surface area (Å²) in [6, 6.07) is 0. The van der Waals surface area contributed by atoms with E-state index in [1.54, 1.807) is 6.92 Å². The lowest BCUT2D eigenvalue weighted by Crippen LogP contribution is -2.35. The van der Waals surface area contributed by atoms with E-state index in [4.69, 9.17) is 10.8 Å². The first-order valence-electron chi connectivity index (χ1n) is 4.65. The Bertz CT molecular complexity index is 206. The Labute approximate surface area is 83.9 Å². The van der Waals surface area contributed by atoms with Crippen molar-refractivity contribution in [1.29, 1.82) is 0 Å². The molecule has 0 heterocycles. The van der Waals surface area contributed by atoms with Crippen molar-refractivity contribution in [2.24, 2.45) is 11.7 Å². The van der Waals surface area contributed by atoms with Crippen LogP contribution in [-0.2, 0) is 9.59 Å². The first-order chi connectivity index (χ1) is 6.49. The molecule has 1 atom stereocenters. The van der Waals surface area contributed by atoms with Crippen LogP contribution in [0.15, 0.2) is 0 Å². The maximum atomic E-state index is 11.5. The number of aliphatic carboxylic acids is 1. The van der Waals surface area contributed by atoms with Crippen molar-refractivity contribution in [3.05, 3.63) is 0 Å². The molecule has 0 aromatic rings. The van der Waals surface area contributed by atoms with Gasteiger partial charge >= 0.3 is 5.97 Å². The number of carboxylic acid groups (broad SMARTS) is 1. The van der Waals surface area contributed by atoms with Crippen molar-refractivity contribution in [1.82, 2.24) is 4.90 Å². The first-order valence-corrected chi connectivity index (χ1v) is 4.65. The molecule has 1 amide bonds. The zero-order valence-electron chi connectivity index (χ0n) is 8.69. The summed E-state index contributed by atoms with van der Waals surface area (Å²) in [5, 5.41) is 8.48. The molecular weight excluding hydrogens is 184 g/mol. The quantitative estimate of drug-likeness (QED) is 0.630. The fourth-order valence-electron chi connectivity index (χ4n) is 1.20. The Morgan fingerprint density at radius 2 is 2.07 bits per heavy atom. The van der Waals surface area contributed by atoms with E-state index in [1.165, 1.54) is 11.9 Å². The zero-order chi connectivity index (χ0) is 11.1. The number of nitrogens with zero attached hydrogens (tertiary/aromatic N) is 1. The number of carboxylic acids is 1. The van der Waals surface area contributed by atoms with Crippen molar-refractivity contribution in [3.8, 4) is 0 Å². The van der Waals surface area contributed by atoms with Gasteiger partial charge in [-0.2, -0.15) is 0 Å². The lowest BCUT2D eigenvalue weighted by molar-refractivity contribution is -0.145. The highest BCUT2D eigenvalue weighted by Crippen LogP contribution is 2.07. The number of hydrogen-bond donors (Lipinski definition) is 2. The molecule has 0 rings (SSSR count). The number of rotatable bonds is 6. The van der Waals surface area contributed by atoms with Crippen LogP contribution in [0.3, 0.4) is 0 Å². The number of hydrogen-bond acceptors (Lipinski definition) is 3. The molecule has 0 saturated carbocycles. The normalized spacial score (nSPS) is 12.2. The summed E-state index contributed by atoms with van der Waals surface area (Å²) in [6.07, 6.45) is 1.49. The van der Waals surface area contributed by atoms with Gasteiger partial charge in [-0.1, -0.05) is 6.92 Å². The molecule has 0 aliphatic carbocycles. The Morgan fingerprint density at radius 3 is 2.50 bits per heavy atom. The average Bonchev–Trinajstić information content (AvgIpc) is 2.11. The third kappa shape index (κ3) is 4.81. The molecule has 0 saturated heterocycles. The summed E-state index contributed by atoms with van der Waals surface area (Å²) in [5.74, 6) is -1.28. The maximum absolute atomic E-state index is 11.5. The molecule has 3 N–H and O–H groups in total. The standard InChI is InChI=1S/C9H18N2O3/c1-7(4-3-5-10)9(14)11(2)6-8(12)13/h7H,3-6,10H2,1-2H3,(H,12,13). The first kappa shape index (κ1) is 12.9. The molecule has 5 heteroatoms. The van der Waals surface area contributed by atoms with Crippen LogP contribution in [0.1, 0.15) is 19.8 Å². The van der Waals surface area contributed by atoms with Crippen LogP contribution < -0.4 is 5.73 Å². The van der Waals surface area contributed by atoms with Gasteiger partial charge in [-0.15, -0.1) is 0 Å². The van der Waals surface area contributed by atoms with Crippen molar-refractivity contribution in [3.63, 3.8) is 0 Å². The van der Waals surface area contributed by atoms with Crippen molar-refractivity contribution < 1.29 is 14.7 Å². The molecule has 0 radical (unpaired) electrons. The van der Waals surface area contributed by atoms with E-state index in [0.717, 1.165) is 6.42 Å². The molecule has 0 aromatic heterocycles. The van der Waals surface area contributed by atoms with Crippen LogP contribution in [0.5, 0.6) is 0 Å². The van der Waals surface area contributed by atoms with E-state index < -0.39 is 5.97 Å². The Balaban J connectivity index is 3.97. The van der Waals surface area contributed by atoms with Gasteiger partial charge in [-0.25, -0.2) is 0 Å². The monoisotopic (exact) mass is 202 g/mol. The van der Waals surface area contributed by atoms with Crippen LogP contribution in [-0.4, -0.2) is 42.0 Å². The van der Waals surface area contributed by atoms with Gasteiger partial charge in [0.25, 0.3) is 0 Å². The average molecular weight is 202 g/mol. The molecule has 0 aromatic carbocycles. The third-order valence-electron chi connectivity index (χ3n) is 2.01. The van der Waals surface area contributed by atoms with E-state index in [-0.39, 0.29) is 18.4 Å². The summed E-state index contributed by atoms with van der Waals surface area (Å²) in [4.78, 5) is 23.1. The van der Waals surface area contributed by atoms with E-state index in [2.05, 4.69) is 0 Å². The van der Waals surface area contributed by atoms with E-state index in [0.29, 0.717) is 13.0 Å². The lowest BCUT2D eigenvalue weighted by atomic mass is 10.0. The van der Waals surface area contributed by atoms with Crippen molar-refractivity contribution in [2.45, 2.75) is 19.8 Å². The molecule has 0 bridgehead atoms. The van der Waals surface area contributed by atoms with Gasteiger partial charge in [0.05, 0.1) is 0 Å². The van der Waals surface area contributed by atoms with Crippen LogP contribution in [0, 0.1) is 5.92 Å². The summed E-state index contributed by atoms with van der Waals surface area (Å²) < 4.78 is 0. The van der Waals surface area contributed by atoms with Crippen molar-refractivity contribution in [2.75, 3.05) is 20.1 Å². The maximum Gasteiger partial charge on any atom is 0.323 e.